The molecule has 1 amide bonds. The largest absolute Gasteiger partial charge is 0.481 e. The van der Waals surface area contributed by atoms with Crippen molar-refractivity contribution >= 4 is 5.91 Å². The normalized spacial score (nSPS) is 16.0. The van der Waals surface area contributed by atoms with E-state index in [1.54, 1.807) is 18.3 Å². The number of hydrogen-bond acceptors (Lipinski definition) is 5. The van der Waals surface area contributed by atoms with Gasteiger partial charge in [-0.1, -0.05) is 0 Å². The predicted octanol–water partition coefficient (Wildman–Crippen LogP) is 2.75. The van der Waals surface area contributed by atoms with Crippen molar-refractivity contribution < 1.29 is 18.3 Å². The Labute approximate surface area is 170 Å². The number of hydrogen-bond donors (Lipinski definition) is 1. The Kier molecular flexibility index (Phi) is 5.26. The van der Waals surface area contributed by atoms with Crippen LogP contribution in [0.1, 0.15) is 28.5 Å². The molecule has 1 aliphatic rings. The standard InChI is InChI=1S/C21H18F2N4O3/c1-30-20-14(3-2-7-24-20)17-10-18(28)26-19(25-17)13-6-8-27(11-13)21(29)12-4-5-15(22)16(23)9-12/h2-5,7,9-10,13H,6,8,11H2,1H3,(H,25,26,28)/t13-/m1/s1. The average Bonchev–Trinajstić information content (AvgIpc) is 3.25. The molecule has 0 radical (unpaired) electrons. The second-order valence-electron chi connectivity index (χ2n) is 6.94. The first-order valence-corrected chi connectivity index (χ1v) is 9.31. The van der Waals surface area contributed by atoms with Crippen molar-refractivity contribution in [2.45, 2.75) is 12.3 Å². The van der Waals surface area contributed by atoms with Crippen LogP contribution in [0.3, 0.4) is 0 Å². The van der Waals surface area contributed by atoms with E-state index in [4.69, 9.17) is 4.74 Å². The van der Waals surface area contributed by atoms with Gasteiger partial charge in [0, 0.05) is 36.8 Å². The highest BCUT2D eigenvalue weighted by Crippen LogP contribution is 2.29. The van der Waals surface area contributed by atoms with Gasteiger partial charge in [0.2, 0.25) is 5.88 Å². The molecule has 1 saturated heterocycles. The second-order valence-corrected chi connectivity index (χ2v) is 6.94. The van der Waals surface area contributed by atoms with Crippen LogP contribution in [0.15, 0.2) is 47.4 Å². The third kappa shape index (κ3) is 3.78. The summed E-state index contributed by atoms with van der Waals surface area (Å²) in [5.74, 6) is -1.87. The SMILES string of the molecule is COc1ncccc1-c1cc(=O)[nH]c([C@@H]2CCN(C(=O)c3ccc(F)c(F)c3)C2)n1. The van der Waals surface area contributed by atoms with E-state index in [9.17, 15) is 18.4 Å². The number of aromatic nitrogens is 3. The van der Waals surface area contributed by atoms with Crippen LogP contribution in [0.25, 0.3) is 11.3 Å². The topological polar surface area (TPSA) is 88.2 Å². The summed E-state index contributed by atoms with van der Waals surface area (Å²) in [6.45, 7) is 0.709. The minimum Gasteiger partial charge on any atom is -0.481 e. The zero-order valence-corrected chi connectivity index (χ0v) is 16.1. The zero-order valence-electron chi connectivity index (χ0n) is 16.1. The Morgan fingerprint density at radius 2 is 2.07 bits per heavy atom. The predicted molar refractivity (Wildman–Crippen MR) is 104 cm³/mol. The molecular formula is C21H18F2N4O3. The summed E-state index contributed by atoms with van der Waals surface area (Å²) in [6.07, 6.45) is 2.15. The number of nitrogens with zero attached hydrogens (tertiary/aromatic N) is 3. The molecule has 30 heavy (non-hydrogen) atoms. The number of H-pyrrole nitrogens is 1. The molecule has 4 rings (SSSR count). The van der Waals surface area contributed by atoms with Crippen LogP contribution >= 0.6 is 0 Å². The molecule has 0 aliphatic carbocycles. The van der Waals surface area contributed by atoms with E-state index in [1.165, 1.54) is 24.1 Å². The van der Waals surface area contributed by atoms with Crippen molar-refractivity contribution in [2.24, 2.45) is 0 Å². The quantitative estimate of drug-likeness (QED) is 0.712. The first-order chi connectivity index (χ1) is 14.5. The molecule has 154 valence electrons. The van der Waals surface area contributed by atoms with Gasteiger partial charge in [0.05, 0.1) is 18.4 Å². The number of halogens is 2. The number of pyridine rings is 1. The summed E-state index contributed by atoms with van der Waals surface area (Å²) in [4.78, 5) is 37.8. The van der Waals surface area contributed by atoms with Crippen LogP contribution in [-0.2, 0) is 0 Å². The number of likely N-dealkylation sites (tertiary alicyclic amines) is 1. The fraction of sp³-hybridized carbons (Fsp3) is 0.238. The number of methoxy groups -OCH3 is 1. The lowest BCUT2D eigenvalue weighted by molar-refractivity contribution is 0.0790. The lowest BCUT2D eigenvalue weighted by Crippen LogP contribution is -2.29. The summed E-state index contributed by atoms with van der Waals surface area (Å²) < 4.78 is 31.9. The van der Waals surface area contributed by atoms with E-state index in [2.05, 4.69) is 15.0 Å². The highest BCUT2D eigenvalue weighted by molar-refractivity contribution is 5.94. The second kappa shape index (κ2) is 8.02. The lowest BCUT2D eigenvalue weighted by atomic mass is 10.1. The van der Waals surface area contributed by atoms with Crippen LogP contribution in [0.2, 0.25) is 0 Å². The maximum Gasteiger partial charge on any atom is 0.253 e. The van der Waals surface area contributed by atoms with Gasteiger partial charge in [-0.15, -0.1) is 0 Å². The lowest BCUT2D eigenvalue weighted by Gasteiger charge is -2.17. The van der Waals surface area contributed by atoms with Gasteiger partial charge in [-0.05, 0) is 36.8 Å². The Bertz CT molecular complexity index is 1160. The summed E-state index contributed by atoms with van der Waals surface area (Å²) in [5, 5.41) is 0. The van der Waals surface area contributed by atoms with Crippen LogP contribution in [-0.4, -0.2) is 46.0 Å². The Morgan fingerprint density at radius 3 is 2.83 bits per heavy atom. The number of benzene rings is 1. The molecule has 1 fully saturated rings. The molecule has 3 heterocycles. The molecular weight excluding hydrogens is 394 g/mol. The number of carbonyl (C=O) groups excluding carboxylic acids is 1. The van der Waals surface area contributed by atoms with E-state index in [1.807, 2.05) is 0 Å². The molecule has 1 N–H and O–H groups in total. The highest BCUT2D eigenvalue weighted by Gasteiger charge is 2.30. The van der Waals surface area contributed by atoms with Crippen molar-refractivity contribution in [3.8, 4) is 17.1 Å². The van der Waals surface area contributed by atoms with E-state index < -0.39 is 17.5 Å². The van der Waals surface area contributed by atoms with Crippen molar-refractivity contribution in [3.05, 3.63) is 76.0 Å². The smallest absolute Gasteiger partial charge is 0.253 e. The molecule has 0 unspecified atom stereocenters. The maximum atomic E-state index is 13.5. The van der Waals surface area contributed by atoms with Crippen LogP contribution in [0, 0.1) is 11.6 Å². The minimum atomic E-state index is -1.07. The van der Waals surface area contributed by atoms with Gasteiger partial charge in [-0.2, -0.15) is 0 Å². The van der Waals surface area contributed by atoms with Gasteiger partial charge in [-0.3, -0.25) is 9.59 Å². The van der Waals surface area contributed by atoms with Crippen LogP contribution in [0.4, 0.5) is 8.78 Å². The van der Waals surface area contributed by atoms with E-state index in [-0.39, 0.29) is 17.0 Å². The molecule has 0 saturated carbocycles. The summed E-state index contributed by atoms with van der Waals surface area (Å²) >= 11 is 0. The number of rotatable bonds is 4. The number of nitrogens with one attached hydrogen (secondary N) is 1. The highest BCUT2D eigenvalue weighted by atomic mass is 19.2. The molecule has 0 bridgehead atoms. The number of carbonyl (C=O) groups is 1. The molecule has 3 aromatic rings. The number of aromatic amines is 1. The first-order valence-electron chi connectivity index (χ1n) is 9.31. The third-order valence-corrected chi connectivity index (χ3v) is 5.03. The molecule has 1 atom stereocenters. The van der Waals surface area contributed by atoms with Crippen molar-refractivity contribution in [1.82, 2.24) is 19.9 Å². The Morgan fingerprint density at radius 1 is 1.23 bits per heavy atom. The summed E-state index contributed by atoms with van der Waals surface area (Å²) in [7, 11) is 1.48. The van der Waals surface area contributed by atoms with E-state index in [0.29, 0.717) is 42.5 Å². The Hall–Kier alpha value is -3.62. The molecule has 0 spiro atoms. The van der Waals surface area contributed by atoms with Gasteiger partial charge < -0.3 is 14.6 Å². The first kappa shape index (κ1) is 19.7. The minimum absolute atomic E-state index is 0.0739. The van der Waals surface area contributed by atoms with E-state index >= 15 is 0 Å². The van der Waals surface area contributed by atoms with Crippen LogP contribution in [0.5, 0.6) is 5.88 Å². The molecule has 1 aromatic carbocycles. The van der Waals surface area contributed by atoms with Gasteiger partial charge >= 0.3 is 0 Å². The van der Waals surface area contributed by atoms with Crippen molar-refractivity contribution in [1.29, 1.82) is 0 Å². The molecule has 1 aliphatic heterocycles. The van der Waals surface area contributed by atoms with Gasteiger partial charge in [0.15, 0.2) is 11.6 Å². The summed E-state index contributed by atoms with van der Waals surface area (Å²) in [5.41, 5.74) is 0.750. The molecule has 2 aromatic heterocycles. The fourth-order valence-corrected chi connectivity index (χ4v) is 3.54. The number of ether oxygens (including phenoxy) is 1. The van der Waals surface area contributed by atoms with Crippen LogP contribution < -0.4 is 10.3 Å². The number of amides is 1. The van der Waals surface area contributed by atoms with Crippen molar-refractivity contribution in [3.63, 3.8) is 0 Å². The molecule has 9 heteroatoms. The average molecular weight is 412 g/mol. The Balaban J connectivity index is 1.58. The van der Waals surface area contributed by atoms with Gasteiger partial charge in [0.25, 0.3) is 11.5 Å². The van der Waals surface area contributed by atoms with Gasteiger partial charge in [-0.25, -0.2) is 18.7 Å². The van der Waals surface area contributed by atoms with Crippen molar-refractivity contribution in [2.75, 3.05) is 20.2 Å². The van der Waals surface area contributed by atoms with E-state index in [0.717, 1.165) is 12.1 Å². The maximum absolute atomic E-state index is 13.5. The third-order valence-electron chi connectivity index (χ3n) is 5.03. The molecule has 7 nitrogen and oxygen atoms in total. The zero-order chi connectivity index (χ0) is 21.3. The summed E-state index contributed by atoms with van der Waals surface area (Å²) in [6, 6.07) is 7.91. The monoisotopic (exact) mass is 412 g/mol. The van der Waals surface area contributed by atoms with Gasteiger partial charge in [0.1, 0.15) is 5.82 Å². The fourth-order valence-electron chi connectivity index (χ4n) is 3.54.